The van der Waals surface area contributed by atoms with Gasteiger partial charge in [-0.3, -0.25) is 4.79 Å². The first-order chi connectivity index (χ1) is 10.7. The number of rotatable bonds is 5. The molecule has 0 fully saturated rings. The summed E-state index contributed by atoms with van der Waals surface area (Å²) in [6.07, 6.45) is 0. The van der Waals surface area contributed by atoms with Crippen LogP contribution < -0.4 is 5.32 Å². The predicted molar refractivity (Wildman–Crippen MR) is 93.2 cm³/mol. The molecule has 2 aromatic heterocycles. The molecule has 0 saturated carbocycles. The number of pyridine rings is 1. The molecule has 0 aliphatic heterocycles. The zero-order valence-corrected chi connectivity index (χ0v) is 13.8. The van der Waals surface area contributed by atoms with Gasteiger partial charge in [-0.25, -0.2) is 4.98 Å². The number of carbonyl (C=O) groups is 1. The second kappa shape index (κ2) is 6.94. The molecule has 0 saturated heterocycles. The Morgan fingerprint density at radius 1 is 1.23 bits per heavy atom. The molecule has 0 aliphatic rings. The fourth-order valence-electron chi connectivity index (χ4n) is 2.08. The lowest BCUT2D eigenvalue weighted by Crippen LogP contribution is -2.30. The van der Waals surface area contributed by atoms with Gasteiger partial charge in [-0.15, -0.1) is 11.3 Å². The van der Waals surface area contributed by atoms with Crippen LogP contribution in [0.3, 0.4) is 0 Å². The molecule has 0 unspecified atom stereocenters. The number of aromatic nitrogens is 1. The molecule has 2 heterocycles. The molecule has 0 spiro atoms. The van der Waals surface area contributed by atoms with Crippen LogP contribution in [-0.4, -0.2) is 16.1 Å². The number of hydrogen-bond acceptors (Lipinski definition) is 4. The van der Waals surface area contributed by atoms with Gasteiger partial charge >= 0.3 is 0 Å². The van der Waals surface area contributed by atoms with E-state index in [1.807, 2.05) is 60.8 Å². The van der Waals surface area contributed by atoms with Crippen molar-refractivity contribution in [2.75, 3.05) is 0 Å². The van der Waals surface area contributed by atoms with Crippen molar-refractivity contribution in [1.82, 2.24) is 10.3 Å². The molecule has 3 rings (SSSR count). The fourth-order valence-corrected chi connectivity index (χ4v) is 3.57. The zero-order valence-electron chi connectivity index (χ0n) is 12.2. The largest absolute Gasteiger partial charge is 0.350 e. The third-order valence-corrected chi connectivity index (χ3v) is 5.17. The first kappa shape index (κ1) is 15.1. The Labute approximate surface area is 137 Å². The van der Waals surface area contributed by atoms with Gasteiger partial charge in [0.2, 0.25) is 5.91 Å². The van der Waals surface area contributed by atoms with Crippen molar-refractivity contribution >= 4 is 39.9 Å². The lowest BCUT2D eigenvalue weighted by Gasteiger charge is -2.11. The van der Waals surface area contributed by atoms with E-state index < -0.39 is 0 Å². The molecule has 0 bridgehead atoms. The minimum atomic E-state index is -0.173. The van der Waals surface area contributed by atoms with Gasteiger partial charge in [0, 0.05) is 10.3 Å². The van der Waals surface area contributed by atoms with E-state index in [9.17, 15) is 4.79 Å². The predicted octanol–water partition coefficient (Wildman–Crippen LogP) is 4.09. The molecule has 1 atom stereocenters. The average molecular weight is 328 g/mol. The van der Waals surface area contributed by atoms with Crippen LogP contribution in [0.25, 0.3) is 10.9 Å². The number of nitrogens with one attached hydrogen (secondary N) is 1. The Morgan fingerprint density at radius 3 is 2.91 bits per heavy atom. The quantitative estimate of drug-likeness (QED) is 0.717. The number of benzene rings is 1. The molecular weight excluding hydrogens is 312 g/mol. The molecule has 5 heteroatoms. The summed E-state index contributed by atoms with van der Waals surface area (Å²) in [6.45, 7) is 2.50. The van der Waals surface area contributed by atoms with Gasteiger partial charge in [0.15, 0.2) is 0 Å². The number of fused-ring (bicyclic) bond motifs is 1. The maximum Gasteiger partial charge on any atom is 0.233 e. The van der Waals surface area contributed by atoms with E-state index in [4.69, 9.17) is 0 Å². The monoisotopic (exact) mass is 328 g/mol. The number of nitrogens with zero attached hydrogens (tertiary/aromatic N) is 1. The Balaban J connectivity index is 1.61. The molecule has 1 amide bonds. The molecule has 0 radical (unpaired) electrons. The molecule has 1 aromatic carbocycles. The Bertz CT molecular complexity index is 771. The lowest BCUT2D eigenvalue weighted by atomic mass is 10.2. The van der Waals surface area contributed by atoms with E-state index >= 15 is 0 Å². The molecule has 0 aliphatic carbocycles. The number of thiophene rings is 1. The van der Waals surface area contributed by atoms with Crippen LogP contribution in [0.2, 0.25) is 0 Å². The third-order valence-electron chi connectivity index (χ3n) is 3.26. The number of hydrogen-bond donors (Lipinski definition) is 1. The van der Waals surface area contributed by atoms with Crippen LogP contribution in [0.4, 0.5) is 0 Å². The van der Waals surface area contributed by atoms with Gasteiger partial charge in [-0.05, 0) is 30.5 Å². The minimum absolute atomic E-state index is 0.0355. The minimum Gasteiger partial charge on any atom is -0.350 e. The highest BCUT2D eigenvalue weighted by Gasteiger charge is 2.15. The van der Waals surface area contributed by atoms with E-state index in [2.05, 4.69) is 10.3 Å². The standard InChI is InChI=1S/C17H16N2OS2/c1-12(17(20)18-11-14-6-4-10-21-14)22-16-9-8-13-5-2-3-7-15(13)19-16/h2-10,12H,11H2,1H3,(H,18,20)/t12-/m0/s1. The van der Waals surface area contributed by atoms with Crippen molar-refractivity contribution in [1.29, 1.82) is 0 Å². The summed E-state index contributed by atoms with van der Waals surface area (Å²) in [5.74, 6) is 0.0355. The van der Waals surface area contributed by atoms with Crippen LogP contribution in [0.1, 0.15) is 11.8 Å². The van der Waals surface area contributed by atoms with Crippen molar-refractivity contribution in [2.45, 2.75) is 23.7 Å². The average Bonchev–Trinajstić information content (AvgIpc) is 3.06. The second-order valence-electron chi connectivity index (χ2n) is 4.90. The summed E-state index contributed by atoms with van der Waals surface area (Å²) in [6, 6.07) is 16.0. The summed E-state index contributed by atoms with van der Waals surface area (Å²) in [5.41, 5.74) is 0.957. The molecule has 3 nitrogen and oxygen atoms in total. The number of carbonyl (C=O) groups excluding carboxylic acids is 1. The van der Waals surface area contributed by atoms with Crippen molar-refractivity contribution in [3.8, 4) is 0 Å². The van der Waals surface area contributed by atoms with Crippen LogP contribution >= 0.6 is 23.1 Å². The van der Waals surface area contributed by atoms with Gasteiger partial charge < -0.3 is 5.32 Å². The van der Waals surface area contributed by atoms with E-state index in [0.29, 0.717) is 6.54 Å². The Kier molecular flexibility index (Phi) is 4.75. The number of para-hydroxylation sites is 1. The molecule has 1 N–H and O–H groups in total. The van der Waals surface area contributed by atoms with Crippen LogP contribution in [0, 0.1) is 0 Å². The van der Waals surface area contributed by atoms with Crippen molar-refractivity contribution in [3.63, 3.8) is 0 Å². The summed E-state index contributed by atoms with van der Waals surface area (Å²) in [5, 5.41) is 6.79. The highest BCUT2D eigenvalue weighted by Crippen LogP contribution is 2.24. The molecular formula is C17H16N2OS2. The summed E-state index contributed by atoms with van der Waals surface area (Å²) in [4.78, 5) is 17.9. The van der Waals surface area contributed by atoms with Gasteiger partial charge in [0.25, 0.3) is 0 Å². The van der Waals surface area contributed by atoms with Crippen LogP contribution in [0.15, 0.2) is 58.9 Å². The maximum atomic E-state index is 12.2. The third kappa shape index (κ3) is 3.67. The van der Waals surface area contributed by atoms with E-state index in [1.54, 1.807) is 11.3 Å². The van der Waals surface area contributed by atoms with Crippen molar-refractivity contribution in [2.24, 2.45) is 0 Å². The smallest absolute Gasteiger partial charge is 0.233 e. The normalized spacial score (nSPS) is 12.2. The summed E-state index contributed by atoms with van der Waals surface area (Å²) >= 11 is 3.13. The lowest BCUT2D eigenvalue weighted by molar-refractivity contribution is -0.120. The summed E-state index contributed by atoms with van der Waals surface area (Å²) < 4.78 is 0. The van der Waals surface area contributed by atoms with E-state index in [0.717, 1.165) is 20.8 Å². The molecule has 3 aromatic rings. The topological polar surface area (TPSA) is 42.0 Å². The van der Waals surface area contributed by atoms with Crippen molar-refractivity contribution in [3.05, 3.63) is 58.8 Å². The van der Waals surface area contributed by atoms with E-state index in [1.165, 1.54) is 11.8 Å². The Hall–Kier alpha value is -1.85. The first-order valence-electron chi connectivity index (χ1n) is 7.05. The first-order valence-corrected chi connectivity index (χ1v) is 8.81. The fraction of sp³-hybridized carbons (Fsp3) is 0.176. The number of amides is 1. The van der Waals surface area contributed by atoms with E-state index in [-0.39, 0.29) is 11.2 Å². The maximum absolute atomic E-state index is 12.2. The van der Waals surface area contributed by atoms with Gasteiger partial charge in [0.05, 0.1) is 22.3 Å². The second-order valence-corrected chi connectivity index (χ2v) is 7.29. The zero-order chi connectivity index (χ0) is 15.4. The number of thioether (sulfide) groups is 1. The van der Waals surface area contributed by atoms with Crippen LogP contribution in [0.5, 0.6) is 0 Å². The SMILES string of the molecule is C[C@H](Sc1ccc2ccccc2n1)C(=O)NCc1cccs1. The van der Waals surface area contributed by atoms with Gasteiger partial charge in [-0.1, -0.05) is 42.1 Å². The van der Waals surface area contributed by atoms with Crippen LogP contribution in [-0.2, 0) is 11.3 Å². The molecule has 112 valence electrons. The highest BCUT2D eigenvalue weighted by molar-refractivity contribution is 8.00. The van der Waals surface area contributed by atoms with Gasteiger partial charge in [0.1, 0.15) is 0 Å². The van der Waals surface area contributed by atoms with Gasteiger partial charge in [-0.2, -0.15) is 0 Å². The summed E-state index contributed by atoms with van der Waals surface area (Å²) in [7, 11) is 0. The highest BCUT2D eigenvalue weighted by atomic mass is 32.2. The Morgan fingerprint density at radius 2 is 2.09 bits per heavy atom. The van der Waals surface area contributed by atoms with Crippen molar-refractivity contribution < 1.29 is 4.79 Å². The molecule has 22 heavy (non-hydrogen) atoms.